The summed E-state index contributed by atoms with van der Waals surface area (Å²) in [5, 5.41) is 2.88. The van der Waals surface area contributed by atoms with Gasteiger partial charge in [-0.2, -0.15) is 0 Å². The number of hydrogen-bond acceptors (Lipinski definition) is 3. The highest BCUT2D eigenvalue weighted by atomic mass is 16.5. The Morgan fingerprint density at radius 1 is 1.11 bits per heavy atom. The molecule has 0 spiro atoms. The monoisotopic (exact) mass is 368 g/mol. The third-order valence-corrected chi connectivity index (χ3v) is 4.03. The van der Waals surface area contributed by atoms with Gasteiger partial charge in [0.15, 0.2) is 0 Å². The van der Waals surface area contributed by atoms with Gasteiger partial charge in [0.1, 0.15) is 5.75 Å². The van der Waals surface area contributed by atoms with Crippen molar-refractivity contribution in [3.05, 3.63) is 59.7 Å². The lowest BCUT2D eigenvalue weighted by molar-refractivity contribution is -0.129. The van der Waals surface area contributed by atoms with Crippen LogP contribution < -0.4 is 10.1 Å². The van der Waals surface area contributed by atoms with Gasteiger partial charge in [-0.15, -0.1) is 0 Å². The van der Waals surface area contributed by atoms with Gasteiger partial charge in [0.05, 0.1) is 11.8 Å². The number of aryl methyl sites for hydroxylation is 1. The van der Waals surface area contributed by atoms with Gasteiger partial charge in [-0.05, 0) is 38.5 Å². The molecule has 27 heavy (non-hydrogen) atoms. The number of carbonyl (C=O) groups is 2. The highest BCUT2D eigenvalue weighted by molar-refractivity contribution is 5.92. The van der Waals surface area contributed by atoms with Crippen LogP contribution in [0.1, 0.15) is 38.3 Å². The molecule has 0 atom stereocenters. The second-order valence-electron chi connectivity index (χ2n) is 6.89. The van der Waals surface area contributed by atoms with E-state index < -0.39 is 0 Å². The van der Waals surface area contributed by atoms with Gasteiger partial charge in [-0.3, -0.25) is 9.59 Å². The van der Waals surface area contributed by atoms with Gasteiger partial charge >= 0.3 is 0 Å². The Morgan fingerprint density at radius 3 is 2.52 bits per heavy atom. The molecule has 0 radical (unpaired) electrons. The summed E-state index contributed by atoms with van der Waals surface area (Å²) in [6.07, 6.45) is 0.243. The second kappa shape index (κ2) is 9.76. The third-order valence-electron chi connectivity index (χ3n) is 4.03. The number of nitrogens with one attached hydrogen (secondary N) is 1. The summed E-state index contributed by atoms with van der Waals surface area (Å²) in [4.78, 5) is 26.0. The van der Waals surface area contributed by atoms with E-state index in [0.29, 0.717) is 24.5 Å². The Morgan fingerprint density at radius 2 is 1.85 bits per heavy atom. The zero-order valence-electron chi connectivity index (χ0n) is 16.5. The number of ether oxygens (including phenoxy) is 1. The van der Waals surface area contributed by atoms with Crippen molar-refractivity contribution in [3.63, 3.8) is 0 Å². The van der Waals surface area contributed by atoms with Gasteiger partial charge in [-0.1, -0.05) is 42.0 Å². The molecular weight excluding hydrogens is 340 g/mol. The van der Waals surface area contributed by atoms with Crippen molar-refractivity contribution in [1.29, 1.82) is 0 Å². The molecule has 0 aliphatic rings. The molecule has 0 bridgehead atoms. The van der Waals surface area contributed by atoms with Crippen molar-refractivity contribution in [2.24, 2.45) is 0 Å². The number of benzene rings is 2. The van der Waals surface area contributed by atoms with E-state index in [4.69, 9.17) is 4.74 Å². The molecule has 2 aromatic rings. The lowest BCUT2D eigenvalue weighted by Gasteiger charge is -2.21. The van der Waals surface area contributed by atoms with Crippen LogP contribution in [0.5, 0.6) is 5.75 Å². The maximum absolute atomic E-state index is 12.4. The lowest BCUT2D eigenvalue weighted by atomic mass is 10.1. The summed E-state index contributed by atoms with van der Waals surface area (Å²) in [7, 11) is 0. The van der Waals surface area contributed by atoms with E-state index >= 15 is 0 Å². The van der Waals surface area contributed by atoms with Crippen molar-refractivity contribution < 1.29 is 14.3 Å². The lowest BCUT2D eigenvalue weighted by Crippen LogP contribution is -2.31. The van der Waals surface area contributed by atoms with Gasteiger partial charge in [0.25, 0.3) is 0 Å². The normalized spacial score (nSPS) is 10.6. The van der Waals surface area contributed by atoms with Gasteiger partial charge in [-0.25, -0.2) is 0 Å². The predicted octanol–water partition coefficient (Wildman–Crippen LogP) is 4.16. The summed E-state index contributed by atoms with van der Waals surface area (Å²) < 4.78 is 5.72. The van der Waals surface area contributed by atoms with Crippen LogP contribution in [-0.2, 0) is 16.1 Å². The second-order valence-corrected chi connectivity index (χ2v) is 6.89. The third kappa shape index (κ3) is 6.77. The Labute approximate surface area is 161 Å². The zero-order valence-corrected chi connectivity index (χ0v) is 16.5. The van der Waals surface area contributed by atoms with Crippen molar-refractivity contribution in [3.8, 4) is 5.75 Å². The first-order chi connectivity index (χ1) is 12.8. The van der Waals surface area contributed by atoms with Crippen LogP contribution in [-0.4, -0.2) is 29.4 Å². The smallest absolute Gasteiger partial charge is 0.226 e. The molecule has 2 aromatic carbocycles. The number of nitrogens with zero attached hydrogens (tertiary/aromatic N) is 1. The van der Waals surface area contributed by atoms with Gasteiger partial charge in [0, 0.05) is 26.4 Å². The Bertz CT molecular complexity index is 787. The molecule has 0 fully saturated rings. The minimum Gasteiger partial charge on any atom is -0.489 e. The molecule has 5 heteroatoms. The van der Waals surface area contributed by atoms with Crippen LogP contribution in [0.2, 0.25) is 0 Å². The molecule has 144 valence electrons. The summed E-state index contributed by atoms with van der Waals surface area (Å²) in [6.45, 7) is 8.29. The Balaban J connectivity index is 1.95. The molecule has 0 unspecified atom stereocenters. The maximum Gasteiger partial charge on any atom is 0.226 e. The summed E-state index contributed by atoms with van der Waals surface area (Å²) in [5.41, 5.74) is 2.85. The van der Waals surface area contributed by atoms with Crippen molar-refractivity contribution in [2.75, 3.05) is 11.9 Å². The maximum atomic E-state index is 12.4. The van der Waals surface area contributed by atoms with Crippen LogP contribution in [0.4, 0.5) is 5.69 Å². The zero-order chi connectivity index (χ0) is 19.8. The first-order valence-corrected chi connectivity index (χ1v) is 9.21. The van der Waals surface area contributed by atoms with Crippen LogP contribution in [0, 0.1) is 6.92 Å². The average Bonchev–Trinajstić information content (AvgIpc) is 2.59. The number of anilines is 1. The molecule has 5 nitrogen and oxygen atoms in total. The van der Waals surface area contributed by atoms with Crippen molar-refractivity contribution >= 4 is 17.5 Å². The number of para-hydroxylation sites is 2. The first-order valence-electron chi connectivity index (χ1n) is 9.21. The largest absolute Gasteiger partial charge is 0.489 e. The molecule has 0 aliphatic carbocycles. The predicted molar refractivity (Wildman–Crippen MR) is 108 cm³/mol. The summed E-state index contributed by atoms with van der Waals surface area (Å²) >= 11 is 0. The van der Waals surface area contributed by atoms with E-state index in [9.17, 15) is 9.59 Å². The molecule has 0 saturated heterocycles. The molecule has 0 saturated carbocycles. The molecule has 0 heterocycles. The standard InChI is InChI=1S/C22H28N2O3/c1-16(2)27-21-11-6-5-10-20(21)23-22(26)12-13-24(18(4)25)15-19-9-7-8-17(3)14-19/h5-11,14,16H,12-13,15H2,1-4H3,(H,23,26). The quantitative estimate of drug-likeness (QED) is 0.761. The molecule has 0 aromatic heterocycles. The molecule has 1 N–H and O–H groups in total. The van der Waals surface area contributed by atoms with Crippen LogP contribution in [0.15, 0.2) is 48.5 Å². The van der Waals surface area contributed by atoms with E-state index in [2.05, 4.69) is 11.4 Å². The van der Waals surface area contributed by atoms with Crippen LogP contribution in [0.25, 0.3) is 0 Å². The van der Waals surface area contributed by atoms with E-state index in [0.717, 1.165) is 11.1 Å². The fourth-order valence-electron chi connectivity index (χ4n) is 2.75. The Hall–Kier alpha value is -2.82. The highest BCUT2D eigenvalue weighted by Gasteiger charge is 2.14. The van der Waals surface area contributed by atoms with E-state index in [-0.39, 0.29) is 24.3 Å². The number of carbonyl (C=O) groups excluding carboxylic acids is 2. The number of amides is 2. The highest BCUT2D eigenvalue weighted by Crippen LogP contribution is 2.25. The van der Waals surface area contributed by atoms with Crippen LogP contribution in [0.3, 0.4) is 0 Å². The summed E-state index contributed by atoms with van der Waals surface area (Å²) in [5.74, 6) is 0.446. The van der Waals surface area contributed by atoms with E-state index in [1.165, 1.54) is 6.92 Å². The fraction of sp³-hybridized carbons (Fsp3) is 0.364. The van der Waals surface area contributed by atoms with E-state index in [1.807, 2.05) is 63.2 Å². The SMILES string of the molecule is CC(=O)N(CCC(=O)Nc1ccccc1OC(C)C)Cc1cccc(C)c1. The topological polar surface area (TPSA) is 58.6 Å². The first kappa shape index (κ1) is 20.5. The van der Waals surface area contributed by atoms with Gasteiger partial charge < -0.3 is 15.0 Å². The molecular formula is C22H28N2O3. The molecule has 0 aliphatic heterocycles. The minimum atomic E-state index is -0.148. The fourth-order valence-corrected chi connectivity index (χ4v) is 2.75. The Kier molecular flexibility index (Phi) is 7.41. The number of rotatable bonds is 8. The minimum absolute atomic E-state index is 0.0191. The van der Waals surface area contributed by atoms with Gasteiger partial charge in [0.2, 0.25) is 11.8 Å². The molecule has 2 amide bonds. The van der Waals surface area contributed by atoms with Crippen molar-refractivity contribution in [2.45, 2.75) is 46.8 Å². The summed E-state index contributed by atoms with van der Waals surface area (Å²) in [6, 6.07) is 15.4. The average molecular weight is 368 g/mol. The number of hydrogen-bond donors (Lipinski definition) is 1. The van der Waals surface area contributed by atoms with E-state index in [1.54, 1.807) is 4.90 Å². The van der Waals surface area contributed by atoms with Crippen molar-refractivity contribution in [1.82, 2.24) is 4.90 Å². The molecule has 2 rings (SSSR count). The van der Waals surface area contributed by atoms with Crippen LogP contribution >= 0.6 is 0 Å².